The highest BCUT2D eigenvalue weighted by Crippen LogP contribution is 2.44. The van der Waals surface area contributed by atoms with Crippen LogP contribution in [0.2, 0.25) is 0 Å². The van der Waals surface area contributed by atoms with Gasteiger partial charge < -0.3 is 14.2 Å². The van der Waals surface area contributed by atoms with Crippen LogP contribution in [-0.4, -0.2) is 116 Å². The van der Waals surface area contributed by atoms with Crippen LogP contribution in [0.15, 0.2) is 24.3 Å². The molecule has 50 heavy (non-hydrogen) atoms. The average molecular weight is 731 g/mol. The van der Waals surface area contributed by atoms with Crippen LogP contribution in [0.1, 0.15) is 34.5 Å². The second kappa shape index (κ2) is 13.2. The number of hydrogen-bond acceptors (Lipinski definition) is 10. The lowest BCUT2D eigenvalue weighted by atomic mass is 9.86. The third kappa shape index (κ3) is 7.03. The van der Waals surface area contributed by atoms with Crippen molar-refractivity contribution in [2.24, 2.45) is 5.41 Å². The summed E-state index contributed by atoms with van der Waals surface area (Å²) in [5.41, 5.74) is 4.09. The van der Waals surface area contributed by atoms with Gasteiger partial charge >= 0.3 is 12.2 Å². The van der Waals surface area contributed by atoms with E-state index in [-0.39, 0.29) is 16.3 Å². The number of piperazine rings is 1. The molecule has 3 aliphatic heterocycles. The lowest BCUT2D eigenvalue weighted by Crippen LogP contribution is -2.48. The third-order valence-corrected chi connectivity index (χ3v) is 13.0. The summed E-state index contributed by atoms with van der Waals surface area (Å²) in [7, 11) is -1.71. The van der Waals surface area contributed by atoms with Gasteiger partial charge in [-0.1, -0.05) is 6.07 Å². The zero-order valence-electron chi connectivity index (χ0n) is 28.5. The molecule has 1 unspecified atom stereocenters. The molecule has 3 fully saturated rings. The van der Waals surface area contributed by atoms with Gasteiger partial charge in [-0.3, -0.25) is 9.80 Å². The van der Waals surface area contributed by atoms with Crippen molar-refractivity contribution in [2.45, 2.75) is 45.5 Å². The number of fused-ring (bicyclic) bond motifs is 2. The van der Waals surface area contributed by atoms with Crippen LogP contribution in [-0.2, 0) is 29.5 Å². The molecule has 0 aliphatic carbocycles. The number of aromatic nitrogens is 3. The maximum atomic E-state index is 13.2. The molecule has 11 nitrogen and oxygen atoms in total. The number of sulfonamides is 1. The van der Waals surface area contributed by atoms with E-state index in [1.807, 2.05) is 6.07 Å². The highest BCUT2D eigenvalue weighted by molar-refractivity contribution is 7.88. The summed E-state index contributed by atoms with van der Waals surface area (Å²) in [6.07, 6.45) is -2.05. The Morgan fingerprint density at radius 2 is 1.76 bits per heavy atom. The SMILES string of the molecule is COc1nc(N2CCC3(CCN(Cc4ccc5c(cc(C#N)n5CCN5CCN(S(C)(=O)=O)CC5)c4C)C3)C2)c2cc(CC(F)(F)F)sc2n1. The predicted octanol–water partition coefficient (Wildman–Crippen LogP) is 4.62. The fraction of sp³-hybridized carbons (Fsp3) is 0.559. The highest BCUT2D eigenvalue weighted by Gasteiger charge is 2.44. The lowest BCUT2D eigenvalue weighted by Gasteiger charge is -2.33. The third-order valence-electron chi connectivity index (χ3n) is 10.6. The first-order chi connectivity index (χ1) is 23.7. The van der Waals surface area contributed by atoms with Crippen LogP contribution in [0.5, 0.6) is 6.01 Å². The van der Waals surface area contributed by atoms with Gasteiger partial charge in [0, 0.05) is 86.6 Å². The molecule has 1 atom stereocenters. The molecule has 0 saturated carbocycles. The van der Waals surface area contributed by atoms with Gasteiger partial charge in [0.1, 0.15) is 22.4 Å². The first-order valence-electron chi connectivity index (χ1n) is 16.8. The van der Waals surface area contributed by atoms with Crippen LogP contribution < -0.4 is 9.64 Å². The summed E-state index contributed by atoms with van der Waals surface area (Å²) in [4.78, 5) is 16.6. The number of thiophene rings is 1. The van der Waals surface area contributed by atoms with Crippen LogP contribution >= 0.6 is 11.3 Å². The second-order valence-electron chi connectivity index (χ2n) is 14.0. The monoisotopic (exact) mass is 730 g/mol. The summed E-state index contributed by atoms with van der Waals surface area (Å²) in [6.45, 7) is 9.97. The van der Waals surface area contributed by atoms with Crippen LogP contribution in [0.3, 0.4) is 0 Å². The van der Waals surface area contributed by atoms with E-state index in [4.69, 9.17) is 4.74 Å². The summed E-state index contributed by atoms with van der Waals surface area (Å²) < 4.78 is 72.2. The Morgan fingerprint density at radius 3 is 2.46 bits per heavy atom. The van der Waals surface area contributed by atoms with Crippen molar-refractivity contribution in [1.29, 1.82) is 5.26 Å². The smallest absolute Gasteiger partial charge is 0.393 e. The first-order valence-corrected chi connectivity index (χ1v) is 19.5. The highest BCUT2D eigenvalue weighted by atomic mass is 32.2. The maximum Gasteiger partial charge on any atom is 0.393 e. The molecule has 268 valence electrons. The van der Waals surface area contributed by atoms with Gasteiger partial charge in [-0.15, -0.1) is 11.3 Å². The molecule has 0 amide bonds. The van der Waals surface area contributed by atoms with Crippen molar-refractivity contribution >= 4 is 48.3 Å². The van der Waals surface area contributed by atoms with Gasteiger partial charge in [0.25, 0.3) is 0 Å². The van der Waals surface area contributed by atoms with Crippen molar-refractivity contribution in [3.8, 4) is 12.1 Å². The molecule has 0 bridgehead atoms. The van der Waals surface area contributed by atoms with E-state index in [0.717, 1.165) is 79.9 Å². The zero-order valence-corrected chi connectivity index (χ0v) is 30.1. The van der Waals surface area contributed by atoms with Crippen molar-refractivity contribution < 1.29 is 26.3 Å². The number of rotatable bonds is 9. The van der Waals surface area contributed by atoms with Crippen molar-refractivity contribution in [3.05, 3.63) is 46.0 Å². The number of anilines is 1. The standard InChI is InChI=1S/C34H41F3N8O3S2/c1-23-24(4-5-29-27(23)16-25(19-38)45(29)15-12-41-10-13-44(14-11-41)50(3,46)47)20-42-8-6-33(21-42)7-9-43(22-33)30-28-17-26(18-34(35,36)37)49-31(28)40-32(39-30)48-2/h4-5,16-17H,6-15,18,20-22H2,1-3H3. The number of hydrogen-bond donors (Lipinski definition) is 0. The number of alkyl halides is 3. The van der Waals surface area contributed by atoms with Crippen LogP contribution in [0.4, 0.5) is 19.0 Å². The van der Waals surface area contributed by atoms with E-state index >= 15 is 0 Å². The number of nitriles is 1. The number of benzene rings is 1. The fourth-order valence-electron chi connectivity index (χ4n) is 7.96. The van der Waals surface area contributed by atoms with Gasteiger partial charge in [0.15, 0.2) is 0 Å². The molecule has 1 spiro atoms. The van der Waals surface area contributed by atoms with Gasteiger partial charge in [-0.25, -0.2) is 8.42 Å². The van der Waals surface area contributed by atoms with Gasteiger partial charge in [0.05, 0.1) is 25.2 Å². The second-order valence-corrected chi connectivity index (χ2v) is 17.1. The molecule has 7 rings (SSSR count). The zero-order chi connectivity index (χ0) is 35.4. The largest absolute Gasteiger partial charge is 0.467 e. The van der Waals surface area contributed by atoms with Gasteiger partial charge in [-0.05, 0) is 55.6 Å². The number of halogens is 3. The minimum Gasteiger partial charge on any atom is -0.467 e. The molecule has 16 heteroatoms. The molecule has 1 aromatic carbocycles. The molecular weight excluding hydrogens is 690 g/mol. The number of likely N-dealkylation sites (tertiary alicyclic amines) is 1. The van der Waals surface area contributed by atoms with Crippen molar-refractivity contribution in [1.82, 2.24) is 28.6 Å². The molecule has 3 aliphatic rings. The summed E-state index contributed by atoms with van der Waals surface area (Å²) in [5.74, 6) is 0.641. The summed E-state index contributed by atoms with van der Waals surface area (Å²) >= 11 is 1.04. The molecule has 0 radical (unpaired) electrons. The van der Waals surface area contributed by atoms with Crippen molar-refractivity contribution in [2.75, 3.05) is 77.2 Å². The van der Waals surface area contributed by atoms with E-state index in [2.05, 4.69) is 54.4 Å². The minimum atomic E-state index is -4.30. The Balaban J connectivity index is 1.03. The number of ether oxygens (including phenoxy) is 1. The van der Waals surface area contributed by atoms with E-state index in [1.165, 1.54) is 23.2 Å². The van der Waals surface area contributed by atoms with E-state index in [1.54, 1.807) is 6.07 Å². The quantitative estimate of drug-likeness (QED) is 0.244. The van der Waals surface area contributed by atoms with E-state index in [9.17, 15) is 26.9 Å². The average Bonchev–Trinajstić information content (AvgIpc) is 3.85. The van der Waals surface area contributed by atoms with Gasteiger partial charge in [-0.2, -0.15) is 32.7 Å². The predicted molar refractivity (Wildman–Crippen MR) is 187 cm³/mol. The fourth-order valence-corrected chi connectivity index (χ4v) is 9.83. The molecule has 4 aromatic rings. The Bertz CT molecular complexity index is 2070. The molecule has 3 aromatic heterocycles. The molecule has 0 N–H and O–H groups in total. The Morgan fingerprint density at radius 1 is 1.00 bits per heavy atom. The topological polar surface area (TPSA) is 111 Å². The Hall–Kier alpha value is -3.49. The van der Waals surface area contributed by atoms with Crippen LogP contribution in [0.25, 0.3) is 21.1 Å². The summed E-state index contributed by atoms with van der Waals surface area (Å²) in [6, 6.07) is 10.4. The maximum absolute atomic E-state index is 13.2. The normalized spacial score (nSPS) is 21.3. The Labute approximate surface area is 293 Å². The number of methoxy groups -OCH3 is 1. The molecular formula is C34H41F3N8O3S2. The van der Waals surface area contributed by atoms with E-state index in [0.29, 0.717) is 54.5 Å². The molecule has 6 heterocycles. The number of aryl methyl sites for hydroxylation is 1. The minimum absolute atomic E-state index is 0.0530. The van der Waals surface area contributed by atoms with E-state index < -0.39 is 22.6 Å². The van der Waals surface area contributed by atoms with Crippen LogP contribution in [0, 0.1) is 23.7 Å². The first kappa shape index (κ1) is 34.9. The summed E-state index contributed by atoms with van der Waals surface area (Å²) in [5, 5.41) is 11.7. The lowest BCUT2D eigenvalue weighted by molar-refractivity contribution is -0.126. The molecule has 3 saturated heterocycles. The Kier molecular flexibility index (Phi) is 9.25. The van der Waals surface area contributed by atoms with Crippen molar-refractivity contribution in [3.63, 3.8) is 0 Å². The van der Waals surface area contributed by atoms with Gasteiger partial charge in [0.2, 0.25) is 10.0 Å². The number of nitrogens with zero attached hydrogens (tertiary/aromatic N) is 8.